The van der Waals surface area contributed by atoms with E-state index < -0.39 is 54.3 Å². The lowest BCUT2D eigenvalue weighted by atomic mass is 9.82. The zero-order valence-corrected chi connectivity index (χ0v) is 11.7. The maximum Gasteiger partial charge on any atom is 0.280 e. The predicted molar refractivity (Wildman–Crippen MR) is 77.3 cm³/mol. The Morgan fingerprint density at radius 3 is 2.00 bits per heavy atom. The first-order chi connectivity index (χ1) is 11.2. The number of benzene rings is 1. The van der Waals surface area contributed by atoms with E-state index in [9.17, 15) is 40.5 Å². The number of nitro groups is 4. The van der Waals surface area contributed by atoms with Crippen molar-refractivity contribution in [2.75, 3.05) is 0 Å². The first kappa shape index (κ1) is 16.7. The fraction of sp³-hybridized carbons (Fsp3) is 0.167. The average molecular weight is 336 g/mol. The molecule has 0 aromatic heterocycles. The third-order valence-corrected chi connectivity index (χ3v) is 3.54. The van der Waals surface area contributed by atoms with E-state index in [0.29, 0.717) is 0 Å². The highest BCUT2D eigenvalue weighted by atomic mass is 16.6. The molecule has 0 saturated carbocycles. The Kier molecular flexibility index (Phi) is 4.05. The van der Waals surface area contributed by atoms with Gasteiger partial charge in [-0.2, -0.15) is 0 Å². The topological polar surface area (TPSA) is 173 Å². The number of nitrogens with zero attached hydrogens (tertiary/aromatic N) is 4. The molecule has 0 N–H and O–H groups in total. The smallest absolute Gasteiger partial charge is 0.263 e. The monoisotopic (exact) mass is 336 g/mol. The molecular formula is C12H8N4O8. The van der Waals surface area contributed by atoms with Crippen LogP contribution in [0.5, 0.6) is 0 Å². The summed E-state index contributed by atoms with van der Waals surface area (Å²) >= 11 is 0. The Labute approximate surface area is 132 Å². The third-order valence-electron chi connectivity index (χ3n) is 3.54. The fourth-order valence-corrected chi connectivity index (χ4v) is 2.33. The number of nitro benzene ring substituents is 2. The average Bonchev–Trinajstić information content (AvgIpc) is 2.53. The number of hydrogen-bond acceptors (Lipinski definition) is 8. The van der Waals surface area contributed by atoms with E-state index in [1.807, 2.05) is 0 Å². The molecule has 12 nitrogen and oxygen atoms in total. The number of non-ortho nitro benzene ring substituents is 1. The molecule has 1 aliphatic carbocycles. The summed E-state index contributed by atoms with van der Waals surface area (Å²) in [4.78, 5) is 40.9. The van der Waals surface area contributed by atoms with E-state index in [-0.39, 0.29) is 0 Å². The molecule has 0 aliphatic heterocycles. The van der Waals surface area contributed by atoms with Crippen LogP contribution in [0.15, 0.2) is 42.1 Å². The van der Waals surface area contributed by atoms with E-state index in [2.05, 4.69) is 0 Å². The first-order valence-corrected chi connectivity index (χ1v) is 6.30. The van der Waals surface area contributed by atoms with Crippen LogP contribution >= 0.6 is 0 Å². The largest absolute Gasteiger partial charge is 0.280 e. The van der Waals surface area contributed by atoms with Crippen LogP contribution in [0, 0.1) is 40.5 Å². The maximum absolute atomic E-state index is 11.6. The molecule has 0 bridgehead atoms. The number of allylic oxidation sites excluding steroid dienone is 1. The molecule has 12 heteroatoms. The Hall–Kier alpha value is -3.70. The lowest BCUT2D eigenvalue weighted by Crippen LogP contribution is -2.35. The summed E-state index contributed by atoms with van der Waals surface area (Å²) in [5, 5.41) is 44.3. The maximum atomic E-state index is 11.6. The van der Waals surface area contributed by atoms with Crippen LogP contribution in [0.4, 0.5) is 11.4 Å². The van der Waals surface area contributed by atoms with Gasteiger partial charge in [0.2, 0.25) is 0 Å². The van der Waals surface area contributed by atoms with E-state index in [0.717, 1.165) is 36.4 Å². The van der Waals surface area contributed by atoms with Crippen LogP contribution in [0.3, 0.4) is 0 Å². The summed E-state index contributed by atoms with van der Waals surface area (Å²) in [7, 11) is 0. The van der Waals surface area contributed by atoms with Gasteiger partial charge in [0.15, 0.2) is 0 Å². The first-order valence-electron chi connectivity index (χ1n) is 6.30. The number of rotatable bonds is 5. The fourth-order valence-electron chi connectivity index (χ4n) is 2.33. The van der Waals surface area contributed by atoms with Crippen molar-refractivity contribution in [3.05, 3.63) is 88.1 Å². The molecule has 0 heterocycles. The van der Waals surface area contributed by atoms with Gasteiger partial charge >= 0.3 is 0 Å². The second-order valence-electron chi connectivity index (χ2n) is 4.82. The van der Waals surface area contributed by atoms with Crippen molar-refractivity contribution in [1.82, 2.24) is 0 Å². The molecule has 1 aromatic rings. The van der Waals surface area contributed by atoms with E-state index in [4.69, 9.17) is 0 Å². The van der Waals surface area contributed by atoms with Gasteiger partial charge in [0.1, 0.15) is 5.56 Å². The van der Waals surface area contributed by atoms with E-state index in [1.165, 1.54) is 0 Å². The molecule has 2 rings (SSSR count). The lowest BCUT2D eigenvalue weighted by Gasteiger charge is -2.22. The van der Waals surface area contributed by atoms with Gasteiger partial charge in [-0.25, -0.2) is 0 Å². The molecule has 0 fully saturated rings. The number of hydrogen-bond donors (Lipinski definition) is 0. The van der Waals surface area contributed by atoms with Crippen LogP contribution in [-0.2, 0) is 5.54 Å². The van der Waals surface area contributed by atoms with Crippen LogP contribution in [0.2, 0.25) is 0 Å². The molecule has 1 atom stereocenters. The molecule has 0 spiro atoms. The van der Waals surface area contributed by atoms with Gasteiger partial charge in [-0.05, 0) is 0 Å². The normalized spacial score (nSPS) is 19.4. The van der Waals surface area contributed by atoms with Crippen molar-refractivity contribution in [1.29, 1.82) is 0 Å². The minimum absolute atomic E-state index is 0.402. The van der Waals surface area contributed by atoms with Crippen LogP contribution in [0.1, 0.15) is 12.0 Å². The Balaban J connectivity index is 2.70. The Morgan fingerprint density at radius 1 is 0.917 bits per heavy atom. The zero-order valence-electron chi connectivity index (χ0n) is 11.7. The summed E-state index contributed by atoms with van der Waals surface area (Å²) < 4.78 is 0. The second-order valence-corrected chi connectivity index (χ2v) is 4.82. The minimum Gasteiger partial charge on any atom is -0.263 e. The summed E-state index contributed by atoms with van der Waals surface area (Å²) in [5.74, 6) is 0. The standard InChI is InChI=1S/C12H8N4O8/c17-13(18)8-3-5-12(6-4-8,16(23)24)10-7-9(14(19)20)1-2-11(10)15(21)22/h1-5,7H,6H2. The van der Waals surface area contributed by atoms with Gasteiger partial charge in [-0.3, -0.25) is 40.5 Å². The second kappa shape index (κ2) is 5.83. The van der Waals surface area contributed by atoms with Crippen molar-refractivity contribution in [2.45, 2.75) is 12.0 Å². The summed E-state index contributed by atoms with van der Waals surface area (Å²) in [6.45, 7) is 0. The van der Waals surface area contributed by atoms with Crippen molar-refractivity contribution in [3.8, 4) is 0 Å². The predicted octanol–water partition coefficient (Wildman–Crippen LogP) is 2.10. The Morgan fingerprint density at radius 2 is 1.58 bits per heavy atom. The van der Waals surface area contributed by atoms with Gasteiger partial charge in [0, 0.05) is 41.4 Å². The van der Waals surface area contributed by atoms with Crippen LogP contribution in [-0.4, -0.2) is 19.7 Å². The Bertz CT molecular complexity index is 830. The van der Waals surface area contributed by atoms with Gasteiger partial charge in [0.05, 0.1) is 21.2 Å². The molecule has 1 aromatic carbocycles. The van der Waals surface area contributed by atoms with Crippen molar-refractivity contribution >= 4 is 11.4 Å². The molecule has 124 valence electrons. The van der Waals surface area contributed by atoms with Gasteiger partial charge in [-0.1, -0.05) is 0 Å². The van der Waals surface area contributed by atoms with Crippen LogP contribution < -0.4 is 0 Å². The van der Waals surface area contributed by atoms with Gasteiger partial charge in [-0.15, -0.1) is 0 Å². The zero-order chi connectivity index (χ0) is 18.1. The molecule has 0 amide bonds. The van der Waals surface area contributed by atoms with Gasteiger partial charge in [0.25, 0.3) is 22.6 Å². The van der Waals surface area contributed by atoms with Crippen molar-refractivity contribution < 1.29 is 19.7 Å². The summed E-state index contributed by atoms with van der Waals surface area (Å²) in [6, 6.07) is 2.41. The highest BCUT2D eigenvalue weighted by molar-refractivity contribution is 5.53. The minimum atomic E-state index is -2.20. The quantitative estimate of drug-likeness (QED) is 0.580. The third kappa shape index (κ3) is 2.67. The van der Waals surface area contributed by atoms with Crippen LogP contribution in [0.25, 0.3) is 0 Å². The molecule has 1 aliphatic rings. The van der Waals surface area contributed by atoms with Crippen molar-refractivity contribution in [3.63, 3.8) is 0 Å². The molecular weight excluding hydrogens is 328 g/mol. The molecule has 0 radical (unpaired) electrons. The highest BCUT2D eigenvalue weighted by Crippen LogP contribution is 2.41. The van der Waals surface area contributed by atoms with Crippen molar-refractivity contribution in [2.24, 2.45) is 0 Å². The summed E-state index contributed by atoms with van der Waals surface area (Å²) in [6.07, 6.45) is 2.10. The lowest BCUT2D eigenvalue weighted by molar-refractivity contribution is -0.565. The van der Waals surface area contributed by atoms with E-state index in [1.54, 1.807) is 0 Å². The molecule has 24 heavy (non-hydrogen) atoms. The highest BCUT2D eigenvalue weighted by Gasteiger charge is 2.49. The van der Waals surface area contributed by atoms with Gasteiger partial charge < -0.3 is 0 Å². The summed E-state index contributed by atoms with van der Waals surface area (Å²) in [5.41, 5.74) is -4.36. The molecule has 1 unspecified atom stereocenters. The van der Waals surface area contributed by atoms with E-state index >= 15 is 0 Å². The SMILES string of the molecule is O=[N+]([O-])C1=CCC(c2cc([N+](=O)[O-])ccc2[N+](=O)[O-])([N+](=O)[O-])C=C1. The molecule has 0 saturated heterocycles.